The molecule has 0 rings (SSSR count). The van der Waals surface area contributed by atoms with Crippen LogP contribution in [0.4, 0.5) is 0 Å². The molecule has 0 aliphatic heterocycles. The van der Waals surface area contributed by atoms with Gasteiger partial charge < -0.3 is 40.7 Å². The molecule has 8 N–H and O–H groups in total. The molecule has 0 saturated carbocycles. The van der Waals surface area contributed by atoms with Gasteiger partial charge in [-0.2, -0.15) is 7.82 Å². The van der Waals surface area contributed by atoms with Gasteiger partial charge in [0.1, 0.15) is 0 Å². The van der Waals surface area contributed by atoms with Crippen molar-refractivity contribution in [2.75, 3.05) is 0 Å². The fourth-order valence-corrected chi connectivity index (χ4v) is 0. The largest absolute Gasteiger partial charge is 3.00 e. The van der Waals surface area contributed by atoms with Crippen LogP contribution in [-0.4, -0.2) is 17.5 Å². The second-order valence-electron chi connectivity index (χ2n) is 0.855. The van der Waals surface area contributed by atoms with Crippen molar-refractivity contribution in [1.82, 2.24) is 12.3 Å². The Hall–Kier alpha value is 0.419. The van der Waals surface area contributed by atoms with E-state index in [-0.39, 0.29) is 29.4 Å². The molecule has 0 unspecified atom stereocenters. The van der Waals surface area contributed by atoms with Crippen LogP contribution in [0.25, 0.3) is 0 Å². The molecule has 10 nitrogen and oxygen atoms in total. The fraction of sp³-hybridized carbons (Fsp3) is 0. The van der Waals surface area contributed by atoms with Crippen molar-refractivity contribution >= 4 is 18.2 Å². The maximum atomic E-state index is 8.55. The summed E-state index contributed by atoms with van der Waals surface area (Å²) >= 11 is 0. The van der Waals surface area contributed by atoms with Gasteiger partial charge in [0.25, 0.3) is 0 Å². The van der Waals surface area contributed by atoms with E-state index in [0.29, 0.717) is 0 Å². The van der Waals surface area contributed by atoms with E-state index in [9.17, 15) is 0 Å². The van der Waals surface area contributed by atoms with Gasteiger partial charge >= 0.3 is 17.1 Å². The molecule has 0 aromatic carbocycles. The van der Waals surface area contributed by atoms with Crippen LogP contribution in [0.3, 0.4) is 0 Å². The zero-order valence-corrected chi connectivity index (χ0v) is 9.39. The topological polar surface area (TPSA) is 240 Å². The Morgan fingerprint density at radius 3 is 0.923 bits per heavy atom. The molecule has 0 atom stereocenters. The molecule has 0 aromatic heterocycles. The Kier molecular flexibility index (Phi) is 23.6. The monoisotopic (exact) mass is 282 g/mol. The Balaban J connectivity index is -0.0000000267. The predicted octanol–water partition coefficient (Wildman–Crippen LogP) is -3.41. The number of hydrogen-bond acceptors (Lipinski definition) is 8. The Morgan fingerprint density at radius 1 is 0.923 bits per heavy atom. The summed E-state index contributed by atoms with van der Waals surface area (Å²) in [6.45, 7) is 0. The third-order valence-corrected chi connectivity index (χ3v) is 0. The van der Waals surface area contributed by atoms with Crippen molar-refractivity contribution < 1.29 is 53.8 Å². The quantitative estimate of drug-likeness (QED) is 0.195. The zero-order chi connectivity index (χ0) is 9.00. The van der Waals surface area contributed by atoms with E-state index in [1.807, 2.05) is 0 Å². The van der Waals surface area contributed by atoms with Gasteiger partial charge in [0.05, 0.1) is 0 Å². The van der Waals surface area contributed by atoms with Gasteiger partial charge in [-0.25, -0.2) is 0 Å². The van der Waals surface area contributed by atoms with Crippen molar-refractivity contribution in [3.8, 4) is 0 Å². The van der Waals surface area contributed by atoms with Gasteiger partial charge in [-0.1, -0.05) is 0 Å². The van der Waals surface area contributed by atoms with Crippen molar-refractivity contribution in [2.45, 2.75) is 0 Å². The molecular formula is H8MnN2O8PS. The van der Waals surface area contributed by atoms with Crippen LogP contribution in [0.15, 0.2) is 0 Å². The summed E-state index contributed by atoms with van der Waals surface area (Å²) < 4.78 is 42.6. The van der Waals surface area contributed by atoms with Crippen LogP contribution >= 0.6 is 7.82 Å². The van der Waals surface area contributed by atoms with Crippen molar-refractivity contribution in [1.29, 1.82) is 0 Å². The molecule has 84 valence electrons. The first-order valence-corrected chi connectivity index (χ1v) is 4.19. The van der Waals surface area contributed by atoms with Crippen LogP contribution in [0.2, 0.25) is 0 Å². The second-order valence-corrected chi connectivity index (χ2v) is 2.57. The van der Waals surface area contributed by atoms with Crippen molar-refractivity contribution in [3.63, 3.8) is 0 Å². The minimum absolute atomic E-state index is 0. The van der Waals surface area contributed by atoms with E-state index in [1.165, 1.54) is 0 Å². The molecule has 0 aromatic rings. The number of hydrogen-bond donors (Lipinski definition) is 2. The molecule has 13 heavy (non-hydrogen) atoms. The molecule has 0 aliphatic carbocycles. The average molecular weight is 282 g/mol. The van der Waals surface area contributed by atoms with Crippen LogP contribution in [-0.2, 0) is 32.0 Å². The van der Waals surface area contributed by atoms with E-state index < -0.39 is 18.2 Å². The molecule has 0 bridgehead atoms. The first-order valence-electron chi connectivity index (χ1n) is 1.40. The van der Waals surface area contributed by atoms with E-state index in [0.717, 1.165) is 0 Å². The minimum Gasteiger partial charge on any atom is -0.822 e. The van der Waals surface area contributed by atoms with Gasteiger partial charge in [-0.15, -0.1) is 0 Å². The predicted molar refractivity (Wildman–Crippen MR) is 30.1 cm³/mol. The SMILES string of the molecule is O=P([O-])([O-])[O-].O=S(=O)([O-])[O-].[Mn+3].[NH4+].[NH4+]. The first-order chi connectivity index (χ1) is 4.00. The number of rotatable bonds is 0. The Bertz CT molecular complexity index is 200. The summed E-state index contributed by atoms with van der Waals surface area (Å²) in [4.78, 5) is 25.6. The zero-order valence-electron chi connectivity index (χ0n) is 6.50. The van der Waals surface area contributed by atoms with Crippen LogP contribution < -0.4 is 27.0 Å². The summed E-state index contributed by atoms with van der Waals surface area (Å²) in [5, 5.41) is 0. The maximum absolute atomic E-state index is 8.55. The van der Waals surface area contributed by atoms with Crippen LogP contribution in [0.1, 0.15) is 0 Å². The van der Waals surface area contributed by atoms with Crippen LogP contribution in [0, 0.1) is 0 Å². The van der Waals surface area contributed by atoms with E-state index in [2.05, 4.69) is 0 Å². The summed E-state index contributed by atoms with van der Waals surface area (Å²) in [5.41, 5.74) is 0. The molecular weight excluding hydrogens is 274 g/mol. The van der Waals surface area contributed by atoms with Crippen LogP contribution in [0.5, 0.6) is 0 Å². The molecule has 13 heteroatoms. The van der Waals surface area contributed by atoms with E-state index in [4.69, 9.17) is 36.8 Å². The third kappa shape index (κ3) is 7660. The molecule has 0 aliphatic rings. The summed E-state index contributed by atoms with van der Waals surface area (Å²) in [7, 11) is -10.6. The van der Waals surface area contributed by atoms with Gasteiger partial charge in [0, 0.05) is 10.4 Å². The fourth-order valence-electron chi connectivity index (χ4n) is 0. The molecule has 0 spiro atoms. The minimum atomic E-state index is -5.39. The summed E-state index contributed by atoms with van der Waals surface area (Å²) in [5.74, 6) is 0. The molecule has 0 radical (unpaired) electrons. The average Bonchev–Trinajstić information content (AvgIpc) is 1.12. The number of phosphoric acid groups is 1. The standard InChI is InChI=1S/Mn.2H3N.H3O4P.H2O4S/c;;;2*1-5(2,3)4/h;2*1H3;(H3,1,2,3,4);(H2,1,2,3,4)/q+3;;;;/p-3. The first kappa shape index (κ1) is 29.2. The van der Waals surface area contributed by atoms with E-state index >= 15 is 0 Å². The Labute approximate surface area is 84.8 Å². The van der Waals surface area contributed by atoms with Gasteiger partial charge in [-0.05, 0) is 0 Å². The van der Waals surface area contributed by atoms with E-state index in [1.54, 1.807) is 0 Å². The normalized spacial score (nSPS) is 9.00. The van der Waals surface area contributed by atoms with Gasteiger partial charge in [-0.3, -0.25) is 8.42 Å². The molecule has 0 fully saturated rings. The molecule has 0 heterocycles. The number of quaternary nitrogens is 2. The van der Waals surface area contributed by atoms with Gasteiger partial charge in [0.2, 0.25) is 0 Å². The summed E-state index contributed by atoms with van der Waals surface area (Å²) in [6.07, 6.45) is 0. The smallest absolute Gasteiger partial charge is 0.822 e. The Morgan fingerprint density at radius 2 is 0.923 bits per heavy atom. The van der Waals surface area contributed by atoms with Crippen molar-refractivity contribution in [3.05, 3.63) is 0 Å². The molecule has 0 amide bonds. The van der Waals surface area contributed by atoms with Gasteiger partial charge in [0.15, 0.2) is 0 Å². The summed E-state index contributed by atoms with van der Waals surface area (Å²) in [6, 6.07) is 0. The molecule has 0 saturated heterocycles. The van der Waals surface area contributed by atoms with Crippen molar-refractivity contribution in [2.24, 2.45) is 0 Å². The second kappa shape index (κ2) is 10.5. The third-order valence-electron chi connectivity index (χ3n) is 0. The maximum Gasteiger partial charge on any atom is 3.00 e.